The Morgan fingerprint density at radius 2 is 1.84 bits per heavy atom. The van der Waals surface area contributed by atoms with Crippen LogP contribution in [0, 0.1) is 6.92 Å². The maximum absolute atomic E-state index is 13.3. The van der Waals surface area contributed by atoms with Gasteiger partial charge in [-0.05, 0) is 49.7 Å². The monoisotopic (exact) mass is 480 g/mol. The number of hydrogen-bond donors (Lipinski definition) is 0. The van der Waals surface area contributed by atoms with Crippen molar-refractivity contribution >= 4 is 33.2 Å². The molecule has 1 fully saturated rings. The maximum Gasteiger partial charge on any atom is 0.257 e. The van der Waals surface area contributed by atoms with Crippen LogP contribution in [-0.2, 0) is 16.6 Å². The molecule has 2 aromatic carbocycles. The molecule has 1 saturated heterocycles. The topological polar surface area (TPSA) is 79.5 Å². The number of hydrogen-bond acceptors (Lipinski definition) is 6. The number of rotatable bonds is 5. The molecule has 1 aromatic heterocycles. The number of aryl methyl sites for hydroxylation is 1. The molecule has 31 heavy (non-hydrogen) atoms. The van der Waals surface area contributed by atoms with E-state index in [0.29, 0.717) is 54.9 Å². The fourth-order valence-electron chi connectivity index (χ4n) is 3.71. The zero-order valence-electron chi connectivity index (χ0n) is 17.0. The lowest BCUT2D eigenvalue weighted by molar-refractivity contribution is 0.266. The number of nitrogens with zero attached hydrogens (tertiary/aromatic N) is 4. The van der Waals surface area contributed by atoms with Gasteiger partial charge >= 0.3 is 0 Å². The van der Waals surface area contributed by atoms with E-state index in [1.54, 1.807) is 13.0 Å². The van der Waals surface area contributed by atoms with Gasteiger partial charge in [-0.25, -0.2) is 8.42 Å². The third-order valence-corrected chi connectivity index (χ3v) is 7.92. The summed E-state index contributed by atoms with van der Waals surface area (Å²) in [7, 11) is -3.73. The van der Waals surface area contributed by atoms with Gasteiger partial charge in [-0.2, -0.15) is 9.29 Å². The van der Waals surface area contributed by atoms with Crippen LogP contribution < -0.4 is 0 Å². The highest BCUT2D eigenvalue weighted by atomic mass is 35.5. The molecule has 0 radical (unpaired) electrons. The van der Waals surface area contributed by atoms with Crippen molar-refractivity contribution in [3.05, 3.63) is 63.9 Å². The van der Waals surface area contributed by atoms with Gasteiger partial charge in [0.1, 0.15) is 4.90 Å². The van der Waals surface area contributed by atoms with Crippen molar-refractivity contribution in [2.45, 2.75) is 24.8 Å². The Labute approximate surface area is 191 Å². The minimum atomic E-state index is -3.73. The maximum atomic E-state index is 13.3. The van der Waals surface area contributed by atoms with Gasteiger partial charge in [-0.1, -0.05) is 46.6 Å². The van der Waals surface area contributed by atoms with Gasteiger partial charge in [-0.15, -0.1) is 0 Å². The van der Waals surface area contributed by atoms with E-state index in [2.05, 4.69) is 15.0 Å². The summed E-state index contributed by atoms with van der Waals surface area (Å²) in [4.78, 5) is 6.72. The van der Waals surface area contributed by atoms with Crippen molar-refractivity contribution in [2.75, 3.05) is 26.2 Å². The minimum absolute atomic E-state index is 0.123. The number of aromatic nitrogens is 2. The second-order valence-electron chi connectivity index (χ2n) is 7.45. The summed E-state index contributed by atoms with van der Waals surface area (Å²) in [5.41, 5.74) is 1.41. The van der Waals surface area contributed by atoms with Crippen LogP contribution in [0.25, 0.3) is 11.5 Å². The zero-order valence-corrected chi connectivity index (χ0v) is 19.3. The minimum Gasteiger partial charge on any atom is -0.334 e. The summed E-state index contributed by atoms with van der Waals surface area (Å²) in [6.07, 6.45) is 0.687. The van der Waals surface area contributed by atoms with E-state index in [9.17, 15) is 8.42 Å². The fraction of sp³-hybridized carbons (Fsp3) is 0.333. The fourth-order valence-corrected chi connectivity index (χ4v) is 6.32. The lowest BCUT2D eigenvalue weighted by Gasteiger charge is -2.22. The Balaban J connectivity index is 1.45. The molecule has 7 nitrogen and oxygen atoms in total. The molecule has 164 valence electrons. The van der Waals surface area contributed by atoms with Gasteiger partial charge < -0.3 is 4.52 Å². The van der Waals surface area contributed by atoms with Gasteiger partial charge in [0.2, 0.25) is 10.0 Å². The summed E-state index contributed by atoms with van der Waals surface area (Å²) >= 11 is 12.2. The molecule has 0 unspecified atom stereocenters. The Morgan fingerprint density at radius 1 is 1.06 bits per heavy atom. The van der Waals surface area contributed by atoms with E-state index < -0.39 is 10.0 Å². The van der Waals surface area contributed by atoms with Crippen LogP contribution in [0.2, 0.25) is 10.0 Å². The van der Waals surface area contributed by atoms with Crippen molar-refractivity contribution in [3.8, 4) is 11.5 Å². The summed E-state index contributed by atoms with van der Waals surface area (Å²) in [5.74, 6) is 1.05. The van der Waals surface area contributed by atoms with Crippen LogP contribution in [0.15, 0.2) is 51.9 Å². The van der Waals surface area contributed by atoms with Crippen LogP contribution in [0.3, 0.4) is 0 Å². The molecule has 1 aliphatic rings. The summed E-state index contributed by atoms with van der Waals surface area (Å²) in [6.45, 7) is 4.25. The first-order valence-corrected chi connectivity index (χ1v) is 12.1. The standard InChI is InChI=1S/C21H22Cl2N4O3S/c1-15-12-17(22)13-18(23)20(15)31(28,29)27-9-5-8-26(10-11-27)14-19-24-21(30-25-19)16-6-3-2-4-7-16/h2-4,6-7,12-13H,5,8-11,14H2,1H3. The Hall–Kier alpha value is -1.97. The molecular weight excluding hydrogens is 459 g/mol. The number of benzene rings is 2. The van der Waals surface area contributed by atoms with E-state index in [0.717, 1.165) is 12.1 Å². The first kappa shape index (κ1) is 22.2. The normalized spacial score (nSPS) is 16.4. The Morgan fingerprint density at radius 3 is 2.58 bits per heavy atom. The summed E-state index contributed by atoms with van der Waals surface area (Å²) < 4.78 is 33.4. The highest BCUT2D eigenvalue weighted by molar-refractivity contribution is 7.89. The largest absolute Gasteiger partial charge is 0.334 e. The van der Waals surface area contributed by atoms with E-state index in [1.165, 1.54) is 10.4 Å². The molecule has 2 heterocycles. The smallest absolute Gasteiger partial charge is 0.257 e. The first-order chi connectivity index (χ1) is 14.8. The summed E-state index contributed by atoms with van der Waals surface area (Å²) in [6, 6.07) is 12.7. The first-order valence-electron chi connectivity index (χ1n) is 9.91. The van der Waals surface area contributed by atoms with Crippen LogP contribution in [0.5, 0.6) is 0 Å². The summed E-state index contributed by atoms with van der Waals surface area (Å²) in [5, 5.41) is 4.63. The van der Waals surface area contributed by atoms with Crippen molar-refractivity contribution in [1.82, 2.24) is 19.3 Å². The van der Waals surface area contributed by atoms with Gasteiger partial charge in [0, 0.05) is 30.2 Å². The molecule has 0 atom stereocenters. The third-order valence-electron chi connectivity index (χ3n) is 5.19. The molecule has 0 N–H and O–H groups in total. The predicted molar refractivity (Wildman–Crippen MR) is 120 cm³/mol. The second kappa shape index (κ2) is 9.26. The van der Waals surface area contributed by atoms with Gasteiger partial charge in [0.25, 0.3) is 5.89 Å². The molecule has 1 aliphatic heterocycles. The SMILES string of the molecule is Cc1cc(Cl)cc(Cl)c1S(=O)(=O)N1CCCN(Cc2noc(-c3ccccc3)n2)CC1. The highest BCUT2D eigenvalue weighted by Crippen LogP contribution is 2.31. The molecule has 0 spiro atoms. The predicted octanol–water partition coefficient (Wildman–Crippen LogP) is 4.25. The molecule has 10 heteroatoms. The van der Waals surface area contributed by atoms with Gasteiger partial charge in [-0.3, -0.25) is 4.90 Å². The molecule has 0 aliphatic carbocycles. The molecule has 3 aromatic rings. The molecule has 4 rings (SSSR count). The van der Waals surface area contributed by atoms with Crippen LogP contribution in [-0.4, -0.2) is 53.9 Å². The molecular formula is C21H22Cl2N4O3S. The lowest BCUT2D eigenvalue weighted by atomic mass is 10.2. The Bertz CT molecular complexity index is 1150. The van der Waals surface area contributed by atoms with Crippen molar-refractivity contribution in [3.63, 3.8) is 0 Å². The number of sulfonamides is 1. The van der Waals surface area contributed by atoms with Crippen molar-refractivity contribution in [1.29, 1.82) is 0 Å². The molecule has 0 amide bonds. The van der Waals surface area contributed by atoms with Crippen LogP contribution >= 0.6 is 23.2 Å². The number of halogens is 2. The van der Waals surface area contributed by atoms with Crippen LogP contribution in [0.1, 0.15) is 17.8 Å². The second-order valence-corrected chi connectivity index (χ2v) is 10.2. The van der Waals surface area contributed by atoms with Crippen molar-refractivity contribution < 1.29 is 12.9 Å². The molecule has 0 bridgehead atoms. The van der Waals surface area contributed by atoms with E-state index >= 15 is 0 Å². The molecule has 0 saturated carbocycles. The van der Waals surface area contributed by atoms with Crippen LogP contribution in [0.4, 0.5) is 0 Å². The van der Waals surface area contributed by atoms with Gasteiger partial charge in [0.05, 0.1) is 11.6 Å². The highest BCUT2D eigenvalue weighted by Gasteiger charge is 2.30. The zero-order chi connectivity index (χ0) is 22.0. The average Bonchev–Trinajstić information content (AvgIpc) is 3.04. The van der Waals surface area contributed by atoms with Crippen molar-refractivity contribution in [2.24, 2.45) is 0 Å². The van der Waals surface area contributed by atoms with E-state index in [-0.39, 0.29) is 9.92 Å². The lowest BCUT2D eigenvalue weighted by Crippen LogP contribution is -2.35. The quantitative estimate of drug-likeness (QED) is 0.542. The average molecular weight is 481 g/mol. The van der Waals surface area contributed by atoms with E-state index in [4.69, 9.17) is 27.7 Å². The van der Waals surface area contributed by atoms with E-state index in [1.807, 2.05) is 30.3 Å². The Kier molecular flexibility index (Phi) is 6.64. The van der Waals surface area contributed by atoms with Gasteiger partial charge in [0.15, 0.2) is 5.82 Å². The third kappa shape index (κ3) is 4.94.